The van der Waals surface area contributed by atoms with Crippen LogP contribution in [-0.2, 0) is 14.8 Å². The molecule has 0 aliphatic carbocycles. The molecule has 0 radical (unpaired) electrons. The first-order chi connectivity index (χ1) is 9.90. The summed E-state index contributed by atoms with van der Waals surface area (Å²) in [6.07, 6.45) is 1.83. The van der Waals surface area contributed by atoms with Crippen LogP contribution in [0.4, 0.5) is 5.69 Å². The highest BCUT2D eigenvalue weighted by atomic mass is 32.2. The van der Waals surface area contributed by atoms with Gasteiger partial charge in [-0.15, -0.1) is 0 Å². The summed E-state index contributed by atoms with van der Waals surface area (Å²) in [6.45, 7) is 3.09. The van der Waals surface area contributed by atoms with Crippen LogP contribution in [0.25, 0.3) is 0 Å². The molecule has 0 bridgehead atoms. The molecule has 1 aromatic rings. The number of ether oxygens (including phenoxy) is 1. The zero-order valence-electron chi connectivity index (χ0n) is 12.2. The fourth-order valence-corrected chi connectivity index (χ4v) is 4.14. The van der Waals surface area contributed by atoms with E-state index in [1.54, 1.807) is 0 Å². The molecular formula is C14H20N2O4S. The number of hydrogen-bond acceptors (Lipinski definition) is 5. The SMILES string of the molecule is CCC1CCN(S(=O)(=O)c2ccc(C(=O)OC)cc2N)C1. The third kappa shape index (κ3) is 3.03. The molecule has 1 fully saturated rings. The Kier molecular flexibility index (Phi) is 4.53. The summed E-state index contributed by atoms with van der Waals surface area (Å²) in [4.78, 5) is 11.5. The van der Waals surface area contributed by atoms with Crippen molar-refractivity contribution in [1.29, 1.82) is 0 Å². The number of nitrogen functional groups attached to an aromatic ring is 1. The predicted molar refractivity (Wildman–Crippen MR) is 79.4 cm³/mol. The molecule has 21 heavy (non-hydrogen) atoms. The van der Waals surface area contributed by atoms with Gasteiger partial charge in [0, 0.05) is 13.1 Å². The maximum absolute atomic E-state index is 12.6. The second-order valence-electron chi connectivity index (χ2n) is 5.17. The summed E-state index contributed by atoms with van der Waals surface area (Å²) in [5, 5.41) is 0. The quantitative estimate of drug-likeness (QED) is 0.672. The van der Waals surface area contributed by atoms with Crippen molar-refractivity contribution < 1.29 is 17.9 Å². The molecular weight excluding hydrogens is 292 g/mol. The Hall–Kier alpha value is -1.60. The van der Waals surface area contributed by atoms with Crippen molar-refractivity contribution in [1.82, 2.24) is 4.31 Å². The van der Waals surface area contributed by atoms with E-state index in [1.165, 1.54) is 29.6 Å². The van der Waals surface area contributed by atoms with Crippen molar-refractivity contribution in [3.63, 3.8) is 0 Å². The van der Waals surface area contributed by atoms with Gasteiger partial charge < -0.3 is 10.5 Å². The molecule has 6 nitrogen and oxygen atoms in total. The maximum Gasteiger partial charge on any atom is 0.337 e. The van der Waals surface area contributed by atoms with Crippen LogP contribution < -0.4 is 5.73 Å². The van der Waals surface area contributed by atoms with Crippen molar-refractivity contribution in [2.45, 2.75) is 24.7 Å². The lowest BCUT2D eigenvalue weighted by Crippen LogP contribution is -2.29. The highest BCUT2D eigenvalue weighted by Gasteiger charge is 2.33. The minimum atomic E-state index is -3.61. The lowest BCUT2D eigenvalue weighted by Gasteiger charge is -2.18. The van der Waals surface area contributed by atoms with Gasteiger partial charge in [-0.1, -0.05) is 13.3 Å². The fraction of sp³-hybridized carbons (Fsp3) is 0.500. The molecule has 2 N–H and O–H groups in total. The van der Waals surface area contributed by atoms with E-state index >= 15 is 0 Å². The molecule has 1 aliphatic heterocycles. The molecule has 1 unspecified atom stereocenters. The zero-order chi connectivity index (χ0) is 15.6. The minimum Gasteiger partial charge on any atom is -0.465 e. The number of rotatable bonds is 4. The molecule has 0 saturated carbocycles. The van der Waals surface area contributed by atoms with Crippen LogP contribution in [0.15, 0.2) is 23.1 Å². The van der Waals surface area contributed by atoms with Gasteiger partial charge in [0.05, 0.1) is 18.4 Å². The van der Waals surface area contributed by atoms with Crippen molar-refractivity contribution in [3.8, 4) is 0 Å². The molecule has 1 saturated heterocycles. The molecule has 1 heterocycles. The summed E-state index contributed by atoms with van der Waals surface area (Å²) in [6, 6.07) is 4.13. The second kappa shape index (κ2) is 6.03. The molecule has 1 aromatic carbocycles. The average Bonchev–Trinajstić information content (AvgIpc) is 2.95. The van der Waals surface area contributed by atoms with E-state index < -0.39 is 16.0 Å². The van der Waals surface area contributed by atoms with Gasteiger partial charge in [0.2, 0.25) is 10.0 Å². The summed E-state index contributed by atoms with van der Waals surface area (Å²) < 4.78 is 31.2. The second-order valence-corrected chi connectivity index (χ2v) is 7.08. The van der Waals surface area contributed by atoms with Crippen molar-refractivity contribution in [2.75, 3.05) is 25.9 Å². The number of nitrogens with zero attached hydrogens (tertiary/aromatic N) is 1. The van der Waals surface area contributed by atoms with Gasteiger partial charge in [0.25, 0.3) is 0 Å². The van der Waals surface area contributed by atoms with Gasteiger partial charge in [-0.25, -0.2) is 13.2 Å². The lowest BCUT2D eigenvalue weighted by atomic mass is 10.1. The summed E-state index contributed by atoms with van der Waals surface area (Å²) in [7, 11) is -2.34. The maximum atomic E-state index is 12.6. The molecule has 7 heteroatoms. The average molecular weight is 312 g/mol. The van der Waals surface area contributed by atoms with E-state index in [1.807, 2.05) is 0 Å². The fourth-order valence-electron chi connectivity index (χ4n) is 2.52. The Morgan fingerprint density at radius 3 is 2.71 bits per heavy atom. The van der Waals surface area contributed by atoms with Crippen molar-refractivity contribution in [2.24, 2.45) is 5.92 Å². The van der Waals surface area contributed by atoms with E-state index in [0.29, 0.717) is 19.0 Å². The molecule has 1 atom stereocenters. The Morgan fingerprint density at radius 2 is 2.19 bits per heavy atom. The van der Waals surface area contributed by atoms with Gasteiger partial charge in [-0.2, -0.15) is 4.31 Å². The Bertz CT molecular complexity index is 642. The standard InChI is InChI=1S/C14H20N2O4S/c1-3-10-6-7-16(9-10)21(18,19)13-5-4-11(8-12(13)15)14(17)20-2/h4-5,8,10H,3,6-7,9,15H2,1-2H3. The Balaban J connectivity index is 2.31. The largest absolute Gasteiger partial charge is 0.465 e. The third-order valence-corrected chi connectivity index (χ3v) is 5.81. The molecule has 0 spiro atoms. The van der Waals surface area contributed by atoms with Gasteiger partial charge in [-0.3, -0.25) is 0 Å². The number of benzene rings is 1. The van der Waals surface area contributed by atoms with E-state index in [-0.39, 0.29) is 16.1 Å². The predicted octanol–water partition coefficient (Wildman–Crippen LogP) is 1.48. The highest BCUT2D eigenvalue weighted by Crippen LogP contribution is 2.29. The number of anilines is 1. The summed E-state index contributed by atoms with van der Waals surface area (Å²) in [5.41, 5.74) is 6.13. The van der Waals surface area contributed by atoms with Crippen molar-refractivity contribution in [3.05, 3.63) is 23.8 Å². The molecule has 2 rings (SSSR count). The first-order valence-corrected chi connectivity index (χ1v) is 8.32. The Morgan fingerprint density at radius 1 is 1.48 bits per heavy atom. The van der Waals surface area contributed by atoms with Crippen LogP contribution >= 0.6 is 0 Å². The van der Waals surface area contributed by atoms with E-state index in [0.717, 1.165) is 12.8 Å². The topological polar surface area (TPSA) is 89.7 Å². The minimum absolute atomic E-state index is 0.0481. The first kappa shape index (κ1) is 15.8. The van der Waals surface area contributed by atoms with Crippen LogP contribution in [0.2, 0.25) is 0 Å². The summed E-state index contributed by atoms with van der Waals surface area (Å²) in [5.74, 6) is -0.145. The van der Waals surface area contributed by atoms with E-state index in [4.69, 9.17) is 5.73 Å². The molecule has 116 valence electrons. The van der Waals surface area contributed by atoms with Crippen LogP contribution in [0.5, 0.6) is 0 Å². The van der Waals surface area contributed by atoms with Gasteiger partial charge in [0.1, 0.15) is 4.90 Å². The van der Waals surface area contributed by atoms with Crippen LogP contribution in [0, 0.1) is 5.92 Å². The third-order valence-electron chi connectivity index (χ3n) is 3.87. The number of carbonyl (C=O) groups excluding carboxylic acids is 1. The van der Waals surface area contributed by atoms with Crippen LogP contribution in [0.3, 0.4) is 0 Å². The van der Waals surface area contributed by atoms with Crippen molar-refractivity contribution >= 4 is 21.7 Å². The Labute approximate surface area is 124 Å². The lowest BCUT2D eigenvalue weighted by molar-refractivity contribution is 0.0600. The van der Waals surface area contributed by atoms with E-state index in [9.17, 15) is 13.2 Å². The summed E-state index contributed by atoms with van der Waals surface area (Å²) >= 11 is 0. The van der Waals surface area contributed by atoms with Gasteiger partial charge in [-0.05, 0) is 30.5 Å². The number of nitrogens with two attached hydrogens (primary N) is 1. The monoisotopic (exact) mass is 312 g/mol. The number of carbonyl (C=O) groups is 1. The highest BCUT2D eigenvalue weighted by molar-refractivity contribution is 7.89. The molecule has 1 aliphatic rings. The smallest absolute Gasteiger partial charge is 0.337 e. The van der Waals surface area contributed by atoms with Gasteiger partial charge >= 0.3 is 5.97 Å². The van der Waals surface area contributed by atoms with Crippen LogP contribution in [-0.4, -0.2) is 38.9 Å². The zero-order valence-corrected chi connectivity index (χ0v) is 13.0. The normalized spacial score (nSPS) is 19.6. The van der Waals surface area contributed by atoms with E-state index in [2.05, 4.69) is 11.7 Å². The molecule has 0 amide bonds. The number of sulfonamides is 1. The first-order valence-electron chi connectivity index (χ1n) is 6.88. The van der Waals surface area contributed by atoms with Gasteiger partial charge in [0.15, 0.2) is 0 Å². The number of methoxy groups -OCH3 is 1. The number of hydrogen-bond donors (Lipinski definition) is 1. The van der Waals surface area contributed by atoms with Crippen LogP contribution in [0.1, 0.15) is 30.1 Å². The number of esters is 1. The molecule has 0 aromatic heterocycles.